The van der Waals surface area contributed by atoms with Crippen molar-refractivity contribution in [2.75, 3.05) is 16.4 Å². The van der Waals surface area contributed by atoms with Gasteiger partial charge in [-0.1, -0.05) is 6.07 Å². The van der Waals surface area contributed by atoms with Crippen molar-refractivity contribution in [2.45, 2.75) is 33.2 Å². The highest BCUT2D eigenvalue weighted by Crippen LogP contribution is 2.26. The summed E-state index contributed by atoms with van der Waals surface area (Å²) in [5.74, 6) is 1.87. The van der Waals surface area contributed by atoms with Gasteiger partial charge in [-0.15, -0.1) is 0 Å². The van der Waals surface area contributed by atoms with Crippen molar-refractivity contribution in [3.8, 4) is 0 Å². The Morgan fingerprint density at radius 3 is 2.45 bits per heavy atom. The number of nitrogens with two attached hydrogens (primary N) is 1. The molecule has 0 aliphatic rings. The smallest absolute Gasteiger partial charge is 0.160 e. The highest BCUT2D eigenvalue weighted by molar-refractivity contribution is 5.77. The van der Waals surface area contributed by atoms with Gasteiger partial charge in [0.15, 0.2) is 11.6 Å². The van der Waals surface area contributed by atoms with Crippen LogP contribution in [-0.2, 0) is 0 Å². The van der Waals surface area contributed by atoms with Crippen LogP contribution in [0.25, 0.3) is 0 Å². The molecule has 6 heteroatoms. The summed E-state index contributed by atoms with van der Waals surface area (Å²) >= 11 is 0. The first kappa shape index (κ1) is 14.0. The van der Waals surface area contributed by atoms with Crippen LogP contribution in [0.4, 0.5) is 23.1 Å². The molecule has 0 saturated carbocycles. The van der Waals surface area contributed by atoms with Crippen molar-refractivity contribution in [1.29, 1.82) is 0 Å². The van der Waals surface area contributed by atoms with Gasteiger partial charge in [-0.05, 0) is 39.8 Å². The number of aromatic nitrogens is 3. The molecule has 2 rings (SSSR count). The Labute approximate surface area is 118 Å². The molecule has 0 unspecified atom stereocenters. The summed E-state index contributed by atoms with van der Waals surface area (Å²) in [6, 6.07) is 5.73. The Balaban J connectivity index is 2.27. The molecule has 0 bridgehead atoms. The number of anilines is 4. The molecule has 0 aliphatic carbocycles. The van der Waals surface area contributed by atoms with E-state index in [1.54, 1.807) is 0 Å². The van der Waals surface area contributed by atoms with Crippen molar-refractivity contribution in [1.82, 2.24) is 15.0 Å². The fourth-order valence-electron chi connectivity index (χ4n) is 1.68. The van der Waals surface area contributed by atoms with Gasteiger partial charge in [0.05, 0.1) is 0 Å². The second kappa shape index (κ2) is 5.32. The van der Waals surface area contributed by atoms with Gasteiger partial charge >= 0.3 is 0 Å². The van der Waals surface area contributed by atoms with Gasteiger partial charge in [0, 0.05) is 11.2 Å². The van der Waals surface area contributed by atoms with Gasteiger partial charge in [0.1, 0.15) is 17.8 Å². The van der Waals surface area contributed by atoms with E-state index in [9.17, 15) is 0 Å². The van der Waals surface area contributed by atoms with Crippen molar-refractivity contribution < 1.29 is 0 Å². The molecule has 6 nitrogen and oxygen atoms in total. The van der Waals surface area contributed by atoms with Crippen LogP contribution in [0.2, 0.25) is 0 Å². The Morgan fingerprint density at radius 1 is 1.10 bits per heavy atom. The lowest BCUT2D eigenvalue weighted by molar-refractivity contribution is 0.630. The molecular formula is C14H20N6. The average Bonchev–Trinajstić information content (AvgIpc) is 2.33. The normalized spacial score (nSPS) is 11.2. The monoisotopic (exact) mass is 272 g/mol. The first-order chi connectivity index (χ1) is 9.35. The van der Waals surface area contributed by atoms with Crippen LogP contribution in [0, 0.1) is 6.92 Å². The van der Waals surface area contributed by atoms with Crippen LogP contribution >= 0.6 is 0 Å². The van der Waals surface area contributed by atoms with E-state index in [1.807, 2.05) is 45.9 Å². The molecule has 0 saturated heterocycles. The summed E-state index contributed by atoms with van der Waals surface area (Å²) in [5.41, 5.74) is 7.38. The zero-order chi connectivity index (χ0) is 14.8. The van der Waals surface area contributed by atoms with Crippen LogP contribution in [0.3, 0.4) is 0 Å². The second-order valence-corrected chi connectivity index (χ2v) is 5.65. The molecule has 0 spiro atoms. The lowest BCUT2D eigenvalue weighted by Crippen LogP contribution is -2.27. The Kier molecular flexibility index (Phi) is 3.74. The predicted molar refractivity (Wildman–Crippen MR) is 82.1 cm³/mol. The van der Waals surface area contributed by atoms with Crippen molar-refractivity contribution in [3.63, 3.8) is 0 Å². The predicted octanol–water partition coefficient (Wildman–Crippen LogP) is 2.72. The van der Waals surface area contributed by atoms with Crippen LogP contribution in [0.1, 0.15) is 26.5 Å². The van der Waals surface area contributed by atoms with E-state index in [-0.39, 0.29) is 5.54 Å². The summed E-state index contributed by atoms with van der Waals surface area (Å²) in [6.45, 7) is 8.07. The third-order valence-electron chi connectivity index (χ3n) is 2.51. The molecule has 106 valence electrons. The van der Waals surface area contributed by atoms with Crippen molar-refractivity contribution >= 4 is 23.1 Å². The highest BCUT2D eigenvalue weighted by atomic mass is 15.1. The lowest BCUT2D eigenvalue weighted by Gasteiger charge is -2.22. The van der Waals surface area contributed by atoms with Gasteiger partial charge in [0.2, 0.25) is 0 Å². The maximum absolute atomic E-state index is 6.10. The van der Waals surface area contributed by atoms with Crippen LogP contribution < -0.4 is 16.4 Å². The first-order valence-corrected chi connectivity index (χ1v) is 6.44. The SMILES string of the molecule is Cc1cccc(Nc2ncnc(NC(C)(C)C)c2N)n1. The maximum atomic E-state index is 6.10. The number of nitrogen functional groups attached to an aromatic ring is 1. The number of nitrogens with zero attached hydrogens (tertiary/aromatic N) is 3. The number of pyridine rings is 1. The van der Waals surface area contributed by atoms with Gasteiger partial charge in [-0.25, -0.2) is 15.0 Å². The minimum absolute atomic E-state index is 0.124. The van der Waals surface area contributed by atoms with Crippen LogP contribution in [-0.4, -0.2) is 20.5 Å². The molecule has 0 aliphatic heterocycles. The Bertz CT molecular complexity index is 603. The summed E-state index contributed by atoms with van der Waals surface area (Å²) in [7, 11) is 0. The molecule has 0 radical (unpaired) electrons. The molecule has 0 aromatic carbocycles. The Morgan fingerprint density at radius 2 is 1.80 bits per heavy atom. The zero-order valence-electron chi connectivity index (χ0n) is 12.2. The van der Waals surface area contributed by atoms with E-state index in [1.165, 1.54) is 6.33 Å². The Hall–Kier alpha value is -2.37. The molecule has 0 amide bonds. The minimum Gasteiger partial charge on any atom is -0.393 e. The molecular weight excluding hydrogens is 252 g/mol. The molecule has 2 aromatic rings. The van der Waals surface area contributed by atoms with Crippen LogP contribution in [0.15, 0.2) is 24.5 Å². The molecule has 2 heterocycles. The van der Waals surface area contributed by atoms with Crippen molar-refractivity contribution in [2.24, 2.45) is 0 Å². The first-order valence-electron chi connectivity index (χ1n) is 6.44. The molecule has 0 atom stereocenters. The molecule has 20 heavy (non-hydrogen) atoms. The van der Waals surface area contributed by atoms with E-state index >= 15 is 0 Å². The topological polar surface area (TPSA) is 88.8 Å². The number of rotatable bonds is 3. The van der Waals surface area contributed by atoms with E-state index < -0.39 is 0 Å². The quantitative estimate of drug-likeness (QED) is 0.796. The second-order valence-electron chi connectivity index (χ2n) is 5.65. The fraction of sp³-hybridized carbons (Fsp3) is 0.357. The largest absolute Gasteiger partial charge is 0.393 e. The average molecular weight is 272 g/mol. The van der Waals surface area contributed by atoms with Gasteiger partial charge in [-0.2, -0.15) is 0 Å². The summed E-state index contributed by atoms with van der Waals surface area (Å²) in [6.07, 6.45) is 1.47. The zero-order valence-corrected chi connectivity index (χ0v) is 12.2. The third-order valence-corrected chi connectivity index (χ3v) is 2.51. The maximum Gasteiger partial charge on any atom is 0.160 e. The molecule has 4 N–H and O–H groups in total. The third kappa shape index (κ3) is 3.57. The highest BCUT2D eigenvalue weighted by Gasteiger charge is 2.15. The van der Waals surface area contributed by atoms with Crippen molar-refractivity contribution in [3.05, 3.63) is 30.2 Å². The molecule has 2 aromatic heterocycles. The van der Waals surface area contributed by atoms with E-state index in [0.29, 0.717) is 23.1 Å². The van der Waals surface area contributed by atoms with E-state index in [0.717, 1.165) is 5.69 Å². The van der Waals surface area contributed by atoms with Gasteiger partial charge < -0.3 is 16.4 Å². The summed E-state index contributed by atoms with van der Waals surface area (Å²) in [5, 5.41) is 6.36. The lowest BCUT2D eigenvalue weighted by atomic mass is 10.1. The molecule has 0 fully saturated rings. The number of hydrogen-bond acceptors (Lipinski definition) is 6. The fourth-order valence-corrected chi connectivity index (χ4v) is 1.68. The van der Waals surface area contributed by atoms with Gasteiger partial charge in [0.25, 0.3) is 0 Å². The van der Waals surface area contributed by atoms with Crippen LogP contribution in [0.5, 0.6) is 0 Å². The van der Waals surface area contributed by atoms with E-state index in [4.69, 9.17) is 5.73 Å². The standard InChI is InChI=1S/C14H20N6/c1-9-6-5-7-10(18-9)19-12-11(15)13(17-8-16-12)20-14(2,3)4/h5-8H,15H2,1-4H3,(H2,16,17,18,19,20). The number of nitrogens with one attached hydrogen (secondary N) is 2. The number of hydrogen-bond donors (Lipinski definition) is 3. The minimum atomic E-state index is -0.124. The van der Waals surface area contributed by atoms with E-state index in [2.05, 4.69) is 25.6 Å². The summed E-state index contributed by atoms with van der Waals surface area (Å²) in [4.78, 5) is 12.7. The van der Waals surface area contributed by atoms with Gasteiger partial charge in [-0.3, -0.25) is 0 Å². The summed E-state index contributed by atoms with van der Waals surface area (Å²) < 4.78 is 0. The number of aryl methyl sites for hydroxylation is 1.